The maximum absolute atomic E-state index is 13.5. The first-order valence-electron chi connectivity index (χ1n) is 15.9. The lowest BCUT2D eigenvalue weighted by molar-refractivity contribution is 0.0607. The van der Waals surface area contributed by atoms with E-state index in [0.717, 1.165) is 61.3 Å². The van der Waals surface area contributed by atoms with Crippen molar-refractivity contribution in [1.82, 2.24) is 34.8 Å². The van der Waals surface area contributed by atoms with Crippen molar-refractivity contribution >= 4 is 28.0 Å². The van der Waals surface area contributed by atoms with E-state index in [1.54, 1.807) is 0 Å². The fourth-order valence-corrected chi connectivity index (χ4v) is 8.56. The van der Waals surface area contributed by atoms with Gasteiger partial charge in [0.05, 0.1) is 11.0 Å². The van der Waals surface area contributed by atoms with E-state index in [9.17, 15) is 4.79 Å². The summed E-state index contributed by atoms with van der Waals surface area (Å²) in [6, 6.07) is 27.1. The van der Waals surface area contributed by atoms with Crippen LogP contribution in [0.1, 0.15) is 72.7 Å². The summed E-state index contributed by atoms with van der Waals surface area (Å²) in [6.07, 6.45) is 8.10. The molecule has 3 aliphatic heterocycles. The van der Waals surface area contributed by atoms with E-state index in [1.165, 1.54) is 36.8 Å². The molecule has 2 unspecified atom stereocenters. The average molecular weight is 574 g/mol. The lowest BCUT2D eigenvalue weighted by atomic mass is 9.70. The predicted octanol–water partition coefficient (Wildman–Crippen LogP) is 6.05. The first-order valence-corrected chi connectivity index (χ1v) is 15.9. The molecule has 43 heavy (non-hydrogen) atoms. The van der Waals surface area contributed by atoms with Gasteiger partial charge in [0.15, 0.2) is 0 Å². The number of rotatable bonds is 6. The Morgan fingerprint density at radius 3 is 2.37 bits per heavy atom. The molecule has 3 fully saturated rings. The lowest BCUT2D eigenvalue weighted by Gasteiger charge is -2.45. The van der Waals surface area contributed by atoms with Crippen molar-refractivity contribution in [3.05, 3.63) is 89.7 Å². The van der Waals surface area contributed by atoms with Gasteiger partial charge in [-0.1, -0.05) is 42.5 Å². The fraction of sp³-hybridized carbons (Fsp3) is 0.429. The van der Waals surface area contributed by atoms with E-state index in [2.05, 4.69) is 86.4 Å². The van der Waals surface area contributed by atoms with Gasteiger partial charge in [-0.15, -0.1) is 0 Å². The highest BCUT2D eigenvalue weighted by Crippen LogP contribution is 2.45. The van der Waals surface area contributed by atoms with Crippen LogP contribution in [-0.4, -0.2) is 72.4 Å². The number of carbonyl (C=O) groups is 1. The summed E-state index contributed by atoms with van der Waals surface area (Å²) in [7, 11) is 0. The smallest absolute Gasteiger partial charge is 0.253 e. The molecule has 0 aliphatic carbocycles. The molecule has 3 saturated heterocycles. The maximum atomic E-state index is 13.5. The number of piperidine rings is 2. The van der Waals surface area contributed by atoms with Gasteiger partial charge in [0.1, 0.15) is 16.9 Å². The van der Waals surface area contributed by atoms with Crippen LogP contribution in [0.25, 0.3) is 22.1 Å². The number of hydrogen-bond acceptors (Lipinski definition) is 5. The molecule has 2 bridgehead atoms. The summed E-state index contributed by atoms with van der Waals surface area (Å²) < 4.78 is 2.52. The number of nitrogens with zero attached hydrogens (tertiary/aromatic N) is 6. The van der Waals surface area contributed by atoms with E-state index in [1.807, 2.05) is 23.1 Å². The Morgan fingerprint density at radius 1 is 0.860 bits per heavy atom. The first-order chi connectivity index (χ1) is 21.1. The van der Waals surface area contributed by atoms with Crippen LogP contribution < -0.4 is 0 Å². The first kappa shape index (κ1) is 26.6. The molecule has 5 aromatic rings. The second-order valence-electron chi connectivity index (χ2n) is 13.0. The Bertz CT molecular complexity index is 1750. The highest BCUT2D eigenvalue weighted by Gasteiger charge is 2.44. The third kappa shape index (κ3) is 4.63. The van der Waals surface area contributed by atoms with Crippen LogP contribution in [0.3, 0.4) is 0 Å². The van der Waals surface area contributed by atoms with Gasteiger partial charge in [-0.25, -0.2) is 4.98 Å². The minimum absolute atomic E-state index is 0.0849. The minimum atomic E-state index is 0.0849. The van der Waals surface area contributed by atoms with Gasteiger partial charge in [-0.05, 0) is 99.7 Å². The van der Waals surface area contributed by atoms with E-state index >= 15 is 0 Å². The SMILES string of the molecule is Cc1nc2ccccc2n1C1CC2CC[C@@H](C1)N2CCC1(c2ccccc2)CCN(C(=O)c2ccc3n[nH]nc3c2)CC1. The van der Waals surface area contributed by atoms with Crippen molar-refractivity contribution in [2.45, 2.75) is 75.4 Å². The number of carbonyl (C=O) groups excluding carboxylic acids is 1. The number of imidazole rings is 1. The van der Waals surface area contributed by atoms with Crippen molar-refractivity contribution < 1.29 is 4.79 Å². The largest absolute Gasteiger partial charge is 0.339 e. The van der Waals surface area contributed by atoms with Crippen LogP contribution >= 0.6 is 0 Å². The summed E-state index contributed by atoms with van der Waals surface area (Å²) in [6.45, 7) is 4.83. The number of benzene rings is 3. The minimum Gasteiger partial charge on any atom is -0.339 e. The molecule has 0 spiro atoms. The Kier molecular flexibility index (Phi) is 6.55. The van der Waals surface area contributed by atoms with Crippen LogP contribution in [0, 0.1) is 6.92 Å². The number of hydrogen-bond donors (Lipinski definition) is 1. The van der Waals surface area contributed by atoms with Gasteiger partial charge in [0.25, 0.3) is 5.91 Å². The van der Waals surface area contributed by atoms with Crippen LogP contribution in [0.4, 0.5) is 0 Å². The number of para-hydroxylation sites is 2. The van der Waals surface area contributed by atoms with Gasteiger partial charge < -0.3 is 9.47 Å². The number of H-pyrrole nitrogens is 1. The van der Waals surface area contributed by atoms with Crippen LogP contribution in [0.15, 0.2) is 72.8 Å². The quantitative estimate of drug-likeness (QED) is 0.268. The van der Waals surface area contributed by atoms with Crippen molar-refractivity contribution in [3.8, 4) is 0 Å². The monoisotopic (exact) mass is 573 g/mol. The second-order valence-corrected chi connectivity index (χ2v) is 13.0. The second kappa shape index (κ2) is 10.6. The number of likely N-dealkylation sites (tertiary alicyclic amines) is 1. The van der Waals surface area contributed by atoms with Gasteiger partial charge in [0, 0.05) is 36.8 Å². The molecule has 8 rings (SSSR count). The molecular weight excluding hydrogens is 534 g/mol. The lowest BCUT2D eigenvalue weighted by Crippen LogP contribution is -2.49. The number of aryl methyl sites for hydroxylation is 1. The maximum Gasteiger partial charge on any atom is 0.253 e. The number of aromatic amines is 1. The fourth-order valence-electron chi connectivity index (χ4n) is 8.56. The van der Waals surface area contributed by atoms with Gasteiger partial charge >= 0.3 is 0 Å². The van der Waals surface area contributed by atoms with Crippen molar-refractivity contribution in [1.29, 1.82) is 0 Å². The molecular formula is C35H39N7O. The van der Waals surface area contributed by atoms with Gasteiger partial charge in [0.2, 0.25) is 0 Å². The summed E-state index contributed by atoms with van der Waals surface area (Å²) in [5.74, 6) is 1.23. The van der Waals surface area contributed by atoms with Crippen LogP contribution in [0.5, 0.6) is 0 Å². The van der Waals surface area contributed by atoms with Crippen LogP contribution in [0.2, 0.25) is 0 Å². The van der Waals surface area contributed by atoms with E-state index in [-0.39, 0.29) is 11.3 Å². The molecule has 1 N–H and O–H groups in total. The summed E-state index contributed by atoms with van der Waals surface area (Å²) in [4.78, 5) is 23.3. The molecule has 3 aliphatic rings. The molecule has 1 amide bonds. The summed E-state index contributed by atoms with van der Waals surface area (Å²) >= 11 is 0. The highest BCUT2D eigenvalue weighted by molar-refractivity contribution is 5.97. The topological polar surface area (TPSA) is 82.9 Å². The Morgan fingerprint density at radius 2 is 1.58 bits per heavy atom. The molecule has 220 valence electrons. The average Bonchev–Trinajstić information content (AvgIpc) is 3.72. The molecule has 8 heteroatoms. The van der Waals surface area contributed by atoms with Crippen molar-refractivity contribution in [3.63, 3.8) is 0 Å². The van der Waals surface area contributed by atoms with E-state index in [4.69, 9.17) is 4.98 Å². The molecule has 8 nitrogen and oxygen atoms in total. The van der Waals surface area contributed by atoms with Crippen LogP contribution in [-0.2, 0) is 5.41 Å². The van der Waals surface area contributed by atoms with Gasteiger partial charge in [-0.3, -0.25) is 9.69 Å². The zero-order valence-corrected chi connectivity index (χ0v) is 24.8. The summed E-state index contributed by atoms with van der Waals surface area (Å²) in [5.41, 5.74) is 6.11. The molecule has 0 saturated carbocycles. The third-order valence-corrected chi connectivity index (χ3v) is 10.8. The predicted molar refractivity (Wildman–Crippen MR) is 168 cm³/mol. The Hall–Kier alpha value is -4.04. The number of amides is 1. The highest BCUT2D eigenvalue weighted by atomic mass is 16.2. The molecule has 5 heterocycles. The van der Waals surface area contributed by atoms with Crippen molar-refractivity contribution in [2.75, 3.05) is 19.6 Å². The number of nitrogens with one attached hydrogen (secondary N) is 1. The number of aromatic nitrogens is 5. The zero-order chi connectivity index (χ0) is 29.0. The zero-order valence-electron chi connectivity index (χ0n) is 24.8. The molecule has 3 aromatic carbocycles. The normalized spacial score (nSPS) is 23.7. The van der Waals surface area contributed by atoms with E-state index in [0.29, 0.717) is 23.7 Å². The third-order valence-electron chi connectivity index (χ3n) is 10.8. The van der Waals surface area contributed by atoms with Crippen molar-refractivity contribution in [2.24, 2.45) is 0 Å². The van der Waals surface area contributed by atoms with E-state index < -0.39 is 0 Å². The Labute approximate surface area is 252 Å². The summed E-state index contributed by atoms with van der Waals surface area (Å²) in [5, 5.41) is 10.9. The van der Waals surface area contributed by atoms with Gasteiger partial charge in [-0.2, -0.15) is 15.4 Å². The number of fused-ring (bicyclic) bond motifs is 4. The molecule has 0 radical (unpaired) electrons. The molecule has 3 atom stereocenters. The standard InChI is InChI=1S/C35H39N7O/c1-24-36-31-9-5-6-10-33(31)42(24)29-22-27-12-13-28(23-29)41(27)20-17-35(26-7-3-2-4-8-26)15-18-40(19-16-35)34(43)25-11-14-30-32(21-25)38-39-37-30/h2-11,14,21,27-29H,12-13,15-20,22-23H2,1H3,(H,37,38,39)/t27-,28?,29?/m0/s1. The Balaban J connectivity index is 0.980. The molecule has 2 aromatic heterocycles.